The first kappa shape index (κ1) is 18.1. The van der Waals surface area contributed by atoms with Crippen LogP contribution in [0, 0.1) is 6.92 Å². The summed E-state index contributed by atoms with van der Waals surface area (Å²) in [4.78, 5) is 25.2. The fourth-order valence-corrected chi connectivity index (χ4v) is 2.99. The molecule has 0 fully saturated rings. The average molecular weight is 355 g/mol. The maximum absolute atomic E-state index is 12.8. The lowest BCUT2D eigenvalue weighted by atomic mass is 10.2. The predicted molar refractivity (Wildman–Crippen MR) is 103 cm³/mol. The topological polar surface area (TPSA) is 70.6 Å². The molecular formula is C19H25N5O2. The number of carbonyl (C=O) groups excluding carboxylic acids is 1. The Hall–Kier alpha value is -2.67. The van der Waals surface area contributed by atoms with Gasteiger partial charge >= 0.3 is 0 Å². The molecule has 1 aliphatic rings. The standard InChI is InChI=1S/C19H25N5O2/c1-4-26-10-9-20-18-16-11-24(15-7-5-14(2)6-8-15)17(25)12-23(3)19(16)22-13-21-18/h5-8,13H,4,9-12H2,1-3H3,(H,20,21,22). The summed E-state index contributed by atoms with van der Waals surface area (Å²) < 4.78 is 5.38. The first-order chi connectivity index (χ1) is 12.6. The van der Waals surface area contributed by atoms with Crippen LogP contribution in [0.4, 0.5) is 17.3 Å². The number of amides is 1. The van der Waals surface area contributed by atoms with E-state index >= 15 is 0 Å². The third-order valence-electron chi connectivity index (χ3n) is 4.36. The van der Waals surface area contributed by atoms with Gasteiger partial charge in [0.15, 0.2) is 0 Å². The number of anilines is 3. The lowest BCUT2D eigenvalue weighted by Crippen LogP contribution is -2.35. The van der Waals surface area contributed by atoms with Gasteiger partial charge in [0.1, 0.15) is 18.0 Å². The molecule has 138 valence electrons. The van der Waals surface area contributed by atoms with E-state index in [9.17, 15) is 4.79 Å². The van der Waals surface area contributed by atoms with E-state index < -0.39 is 0 Å². The summed E-state index contributed by atoms with van der Waals surface area (Å²) in [5, 5.41) is 3.31. The zero-order valence-electron chi connectivity index (χ0n) is 15.5. The van der Waals surface area contributed by atoms with Crippen molar-refractivity contribution in [3.05, 3.63) is 41.7 Å². The highest BCUT2D eigenvalue weighted by atomic mass is 16.5. The number of aromatic nitrogens is 2. The van der Waals surface area contributed by atoms with Crippen LogP contribution in [0.1, 0.15) is 18.1 Å². The van der Waals surface area contributed by atoms with Crippen LogP contribution in [0.25, 0.3) is 0 Å². The van der Waals surface area contributed by atoms with Crippen molar-refractivity contribution in [2.24, 2.45) is 0 Å². The zero-order valence-corrected chi connectivity index (χ0v) is 15.5. The quantitative estimate of drug-likeness (QED) is 0.801. The lowest BCUT2D eigenvalue weighted by Gasteiger charge is -2.21. The molecule has 2 heterocycles. The minimum atomic E-state index is 0.0367. The Labute approximate surface area is 154 Å². The molecule has 1 aliphatic heterocycles. The molecule has 0 aliphatic carbocycles. The Morgan fingerprint density at radius 1 is 1.19 bits per heavy atom. The van der Waals surface area contributed by atoms with E-state index in [0.717, 1.165) is 28.5 Å². The van der Waals surface area contributed by atoms with Crippen LogP contribution >= 0.6 is 0 Å². The van der Waals surface area contributed by atoms with Crippen molar-refractivity contribution in [2.75, 3.05) is 48.5 Å². The summed E-state index contributed by atoms with van der Waals surface area (Å²) in [5.41, 5.74) is 2.96. The maximum atomic E-state index is 12.8. The second-order valence-electron chi connectivity index (χ2n) is 6.32. The number of ether oxygens (including phenoxy) is 1. The van der Waals surface area contributed by atoms with E-state index in [4.69, 9.17) is 4.74 Å². The van der Waals surface area contributed by atoms with Crippen LogP contribution in [0.3, 0.4) is 0 Å². The van der Waals surface area contributed by atoms with Gasteiger partial charge < -0.3 is 19.9 Å². The summed E-state index contributed by atoms with van der Waals surface area (Å²) in [6, 6.07) is 7.98. The summed E-state index contributed by atoms with van der Waals surface area (Å²) >= 11 is 0. The molecule has 7 heteroatoms. The Kier molecular flexibility index (Phi) is 5.68. The zero-order chi connectivity index (χ0) is 18.5. The van der Waals surface area contributed by atoms with Gasteiger partial charge in [-0.15, -0.1) is 0 Å². The van der Waals surface area contributed by atoms with Crippen molar-refractivity contribution in [3.8, 4) is 0 Å². The molecule has 26 heavy (non-hydrogen) atoms. The lowest BCUT2D eigenvalue weighted by molar-refractivity contribution is -0.117. The average Bonchev–Trinajstić information content (AvgIpc) is 2.76. The van der Waals surface area contributed by atoms with Gasteiger partial charge in [-0.25, -0.2) is 9.97 Å². The Morgan fingerprint density at radius 3 is 2.69 bits per heavy atom. The third kappa shape index (κ3) is 3.94. The number of hydrogen-bond acceptors (Lipinski definition) is 6. The first-order valence-corrected chi connectivity index (χ1v) is 8.83. The summed E-state index contributed by atoms with van der Waals surface area (Å²) in [6.45, 7) is 6.64. The molecule has 1 amide bonds. The van der Waals surface area contributed by atoms with Crippen molar-refractivity contribution in [1.29, 1.82) is 0 Å². The second-order valence-corrected chi connectivity index (χ2v) is 6.32. The Morgan fingerprint density at radius 2 is 1.96 bits per heavy atom. The molecule has 0 bridgehead atoms. The number of hydrogen-bond donors (Lipinski definition) is 1. The minimum absolute atomic E-state index is 0.0367. The number of nitrogens with one attached hydrogen (secondary N) is 1. The normalized spacial score (nSPS) is 14.2. The maximum Gasteiger partial charge on any atom is 0.246 e. The molecule has 7 nitrogen and oxygen atoms in total. The molecule has 0 radical (unpaired) electrons. The third-order valence-corrected chi connectivity index (χ3v) is 4.36. The number of benzene rings is 1. The molecule has 1 N–H and O–H groups in total. The highest BCUT2D eigenvalue weighted by Gasteiger charge is 2.27. The van der Waals surface area contributed by atoms with Crippen molar-refractivity contribution in [3.63, 3.8) is 0 Å². The van der Waals surface area contributed by atoms with E-state index in [1.165, 1.54) is 6.33 Å². The molecule has 0 spiro atoms. The SMILES string of the molecule is CCOCCNc1ncnc2c1CN(c1ccc(C)cc1)C(=O)CN2C. The van der Waals surface area contributed by atoms with E-state index in [2.05, 4.69) is 15.3 Å². The van der Waals surface area contributed by atoms with E-state index in [1.54, 1.807) is 4.90 Å². The molecule has 2 aromatic rings. The van der Waals surface area contributed by atoms with Crippen molar-refractivity contribution >= 4 is 23.2 Å². The van der Waals surface area contributed by atoms with Gasteiger partial charge in [0.25, 0.3) is 0 Å². The van der Waals surface area contributed by atoms with Crippen molar-refractivity contribution in [2.45, 2.75) is 20.4 Å². The molecule has 1 aromatic carbocycles. The van der Waals surface area contributed by atoms with Gasteiger partial charge in [-0.1, -0.05) is 17.7 Å². The van der Waals surface area contributed by atoms with Crippen molar-refractivity contribution < 1.29 is 9.53 Å². The first-order valence-electron chi connectivity index (χ1n) is 8.83. The van der Waals surface area contributed by atoms with E-state index in [-0.39, 0.29) is 12.5 Å². The molecule has 0 atom stereocenters. The van der Waals surface area contributed by atoms with Gasteiger partial charge in [-0.3, -0.25) is 4.79 Å². The predicted octanol–water partition coefficient (Wildman–Crippen LogP) is 2.22. The second kappa shape index (κ2) is 8.14. The summed E-state index contributed by atoms with van der Waals surface area (Å²) in [5.74, 6) is 1.56. The Bertz CT molecular complexity index is 763. The molecule has 0 unspecified atom stereocenters. The number of carbonyl (C=O) groups is 1. The van der Waals surface area contributed by atoms with Gasteiger partial charge in [0.05, 0.1) is 25.3 Å². The number of fused-ring (bicyclic) bond motifs is 1. The Balaban J connectivity index is 1.91. The van der Waals surface area contributed by atoms with Gasteiger partial charge in [-0.05, 0) is 26.0 Å². The smallest absolute Gasteiger partial charge is 0.246 e. The van der Waals surface area contributed by atoms with E-state index in [0.29, 0.717) is 26.3 Å². The van der Waals surface area contributed by atoms with Crippen LogP contribution in [0.15, 0.2) is 30.6 Å². The van der Waals surface area contributed by atoms with Gasteiger partial charge in [0.2, 0.25) is 5.91 Å². The molecule has 1 aromatic heterocycles. The van der Waals surface area contributed by atoms with Crippen molar-refractivity contribution in [1.82, 2.24) is 9.97 Å². The molecular weight excluding hydrogens is 330 g/mol. The minimum Gasteiger partial charge on any atom is -0.380 e. The summed E-state index contributed by atoms with van der Waals surface area (Å²) in [6.07, 6.45) is 1.53. The largest absolute Gasteiger partial charge is 0.380 e. The number of likely N-dealkylation sites (N-methyl/N-ethyl adjacent to an activating group) is 1. The fourth-order valence-electron chi connectivity index (χ4n) is 2.99. The highest BCUT2D eigenvalue weighted by Crippen LogP contribution is 2.30. The number of aryl methyl sites for hydroxylation is 1. The fraction of sp³-hybridized carbons (Fsp3) is 0.421. The monoisotopic (exact) mass is 355 g/mol. The van der Waals surface area contributed by atoms with Crippen LogP contribution in [-0.2, 0) is 16.1 Å². The highest BCUT2D eigenvalue weighted by molar-refractivity contribution is 5.97. The molecule has 0 saturated heterocycles. The molecule has 0 saturated carbocycles. The van der Waals surface area contributed by atoms with E-state index in [1.807, 2.05) is 50.1 Å². The van der Waals surface area contributed by atoms with Crippen LogP contribution < -0.4 is 15.1 Å². The van der Waals surface area contributed by atoms with Crippen LogP contribution in [-0.4, -0.2) is 49.2 Å². The molecule has 3 rings (SSSR count). The summed E-state index contributed by atoms with van der Waals surface area (Å²) in [7, 11) is 1.88. The van der Waals surface area contributed by atoms with Gasteiger partial charge in [-0.2, -0.15) is 0 Å². The number of rotatable bonds is 6. The van der Waals surface area contributed by atoms with Crippen LogP contribution in [0.5, 0.6) is 0 Å². The number of nitrogens with zero attached hydrogens (tertiary/aromatic N) is 4. The van der Waals surface area contributed by atoms with Crippen LogP contribution in [0.2, 0.25) is 0 Å². The van der Waals surface area contributed by atoms with Gasteiger partial charge in [0, 0.05) is 25.9 Å².